The summed E-state index contributed by atoms with van der Waals surface area (Å²) in [7, 11) is 0. The smallest absolute Gasteiger partial charge is 0.326 e. The quantitative estimate of drug-likeness (QED) is 0.313. The lowest BCUT2D eigenvalue weighted by molar-refractivity contribution is -0.142. The zero-order chi connectivity index (χ0) is 29.4. The van der Waals surface area contributed by atoms with E-state index in [0.717, 1.165) is 22.2 Å². The number of fused-ring (bicyclic) bond motifs is 1. The van der Waals surface area contributed by atoms with Gasteiger partial charge in [0.25, 0.3) is 11.8 Å². The fourth-order valence-electron chi connectivity index (χ4n) is 4.42. The molecule has 0 bridgehead atoms. The van der Waals surface area contributed by atoms with Gasteiger partial charge < -0.3 is 15.7 Å². The van der Waals surface area contributed by atoms with Crippen LogP contribution >= 0.6 is 11.8 Å². The standard InChI is InChI=1S/C29H33N3O7S/c1-17(2)15-22(25(34)31-23(29(38)39)16-19-9-5-4-6-10-19)30-26(35)24(40-18(3)33)13-14-32-27(36)20-11-7-8-12-21(20)28(32)37/h4-12,17,22-24H,13-16H2,1-3H3,(H,30,35)(H,31,34)(H,38,39)/t22-,23-,24?/m0/s1. The van der Waals surface area contributed by atoms with E-state index in [0.29, 0.717) is 0 Å². The minimum absolute atomic E-state index is 0.0106. The lowest BCUT2D eigenvalue weighted by Crippen LogP contribution is -2.54. The van der Waals surface area contributed by atoms with Crippen LogP contribution in [0.2, 0.25) is 0 Å². The second kappa shape index (κ2) is 13.9. The number of benzene rings is 2. The molecule has 11 heteroatoms. The van der Waals surface area contributed by atoms with E-state index < -0.39 is 46.9 Å². The van der Waals surface area contributed by atoms with Gasteiger partial charge in [-0.3, -0.25) is 28.9 Å². The summed E-state index contributed by atoms with van der Waals surface area (Å²) in [6, 6.07) is 13.0. The maximum absolute atomic E-state index is 13.3. The van der Waals surface area contributed by atoms with Crippen LogP contribution in [0.4, 0.5) is 0 Å². The second-order valence-electron chi connectivity index (χ2n) is 9.97. The van der Waals surface area contributed by atoms with Gasteiger partial charge in [0.2, 0.25) is 11.8 Å². The average molecular weight is 568 g/mol. The van der Waals surface area contributed by atoms with Crippen molar-refractivity contribution in [2.75, 3.05) is 6.54 Å². The maximum atomic E-state index is 13.3. The predicted octanol–water partition coefficient (Wildman–Crippen LogP) is 2.66. The van der Waals surface area contributed by atoms with Crippen LogP contribution < -0.4 is 10.6 Å². The average Bonchev–Trinajstić information content (AvgIpc) is 3.15. The van der Waals surface area contributed by atoms with Crippen molar-refractivity contribution in [2.45, 2.75) is 57.4 Å². The summed E-state index contributed by atoms with van der Waals surface area (Å²) in [4.78, 5) is 76.8. The van der Waals surface area contributed by atoms with Crippen LogP contribution in [0.1, 0.15) is 59.9 Å². The van der Waals surface area contributed by atoms with E-state index in [9.17, 15) is 33.9 Å². The number of rotatable bonds is 13. The Hall–Kier alpha value is -3.99. The highest BCUT2D eigenvalue weighted by atomic mass is 32.2. The van der Waals surface area contributed by atoms with Crippen LogP contribution in [0.25, 0.3) is 0 Å². The van der Waals surface area contributed by atoms with Gasteiger partial charge in [0, 0.05) is 19.9 Å². The van der Waals surface area contributed by atoms with Gasteiger partial charge in [-0.15, -0.1) is 0 Å². The summed E-state index contributed by atoms with van der Waals surface area (Å²) >= 11 is 0.745. The van der Waals surface area contributed by atoms with Gasteiger partial charge in [0.1, 0.15) is 12.1 Å². The van der Waals surface area contributed by atoms with E-state index in [1.807, 2.05) is 13.8 Å². The van der Waals surface area contributed by atoms with E-state index in [-0.39, 0.29) is 48.0 Å². The Morgan fingerprint density at radius 3 is 1.93 bits per heavy atom. The first-order chi connectivity index (χ1) is 19.0. The molecule has 0 saturated carbocycles. The van der Waals surface area contributed by atoms with Crippen molar-refractivity contribution in [3.8, 4) is 0 Å². The Kier molecular flexibility index (Phi) is 10.6. The number of carboxylic acid groups (broad SMARTS) is 1. The molecule has 3 atom stereocenters. The molecule has 0 saturated heterocycles. The Bertz CT molecular complexity index is 1250. The fraction of sp³-hybridized carbons (Fsp3) is 0.379. The zero-order valence-corrected chi connectivity index (χ0v) is 23.4. The summed E-state index contributed by atoms with van der Waals surface area (Å²) in [6.45, 7) is 4.92. The van der Waals surface area contributed by atoms with Crippen LogP contribution in [0.5, 0.6) is 0 Å². The fourth-order valence-corrected chi connectivity index (χ4v) is 5.22. The predicted molar refractivity (Wildman–Crippen MR) is 150 cm³/mol. The largest absolute Gasteiger partial charge is 0.480 e. The molecular weight excluding hydrogens is 534 g/mol. The molecule has 40 heavy (non-hydrogen) atoms. The lowest BCUT2D eigenvalue weighted by atomic mass is 10.0. The first kappa shape index (κ1) is 30.6. The minimum atomic E-state index is -1.21. The summed E-state index contributed by atoms with van der Waals surface area (Å²) in [5.41, 5.74) is 1.29. The normalized spacial score (nSPS) is 14.8. The van der Waals surface area contributed by atoms with Crippen molar-refractivity contribution in [1.29, 1.82) is 0 Å². The Morgan fingerprint density at radius 1 is 0.850 bits per heavy atom. The maximum Gasteiger partial charge on any atom is 0.326 e. The molecule has 0 aromatic heterocycles. The summed E-state index contributed by atoms with van der Waals surface area (Å²) in [6.07, 6.45) is 0.280. The van der Waals surface area contributed by atoms with Crippen molar-refractivity contribution in [1.82, 2.24) is 15.5 Å². The number of hydrogen-bond donors (Lipinski definition) is 3. The number of aliphatic carboxylic acids is 1. The number of carbonyl (C=O) groups excluding carboxylic acids is 5. The molecule has 0 spiro atoms. The third-order valence-corrected chi connectivity index (χ3v) is 7.40. The first-order valence-electron chi connectivity index (χ1n) is 13.0. The molecule has 1 aliphatic heterocycles. The van der Waals surface area contributed by atoms with Crippen LogP contribution in [0, 0.1) is 5.92 Å². The van der Waals surface area contributed by atoms with Crippen LogP contribution in [-0.2, 0) is 25.6 Å². The number of amides is 4. The van der Waals surface area contributed by atoms with Crippen molar-refractivity contribution in [2.24, 2.45) is 5.92 Å². The minimum Gasteiger partial charge on any atom is -0.480 e. The Morgan fingerprint density at radius 2 is 1.40 bits per heavy atom. The Balaban J connectivity index is 1.70. The van der Waals surface area contributed by atoms with Crippen LogP contribution in [0.15, 0.2) is 54.6 Å². The zero-order valence-electron chi connectivity index (χ0n) is 22.6. The highest BCUT2D eigenvalue weighted by molar-refractivity contribution is 8.14. The van der Waals surface area contributed by atoms with Gasteiger partial charge >= 0.3 is 5.97 Å². The molecule has 1 heterocycles. The molecule has 4 amide bonds. The molecule has 2 aromatic carbocycles. The van der Waals surface area contributed by atoms with E-state index >= 15 is 0 Å². The molecule has 1 unspecified atom stereocenters. The third kappa shape index (κ3) is 8.01. The van der Waals surface area contributed by atoms with Gasteiger partial charge in [0.05, 0.1) is 16.4 Å². The van der Waals surface area contributed by atoms with Gasteiger partial charge in [-0.25, -0.2) is 4.79 Å². The number of hydrogen-bond acceptors (Lipinski definition) is 7. The van der Waals surface area contributed by atoms with E-state index in [1.54, 1.807) is 54.6 Å². The van der Waals surface area contributed by atoms with Gasteiger partial charge in [-0.05, 0) is 36.5 Å². The summed E-state index contributed by atoms with van der Waals surface area (Å²) in [5, 5.41) is 13.6. The van der Waals surface area contributed by atoms with E-state index in [4.69, 9.17) is 0 Å². The number of nitrogens with one attached hydrogen (secondary N) is 2. The van der Waals surface area contributed by atoms with Crippen molar-refractivity contribution >= 4 is 46.5 Å². The second-order valence-corrected chi connectivity index (χ2v) is 11.4. The lowest BCUT2D eigenvalue weighted by Gasteiger charge is -2.25. The molecule has 2 aromatic rings. The molecular formula is C29H33N3O7S. The summed E-state index contributed by atoms with van der Waals surface area (Å²) in [5.74, 6) is -3.45. The number of carboxylic acids is 1. The van der Waals surface area contributed by atoms with Crippen molar-refractivity contribution < 1.29 is 33.9 Å². The van der Waals surface area contributed by atoms with Gasteiger partial charge in [-0.2, -0.15) is 0 Å². The van der Waals surface area contributed by atoms with Crippen molar-refractivity contribution in [3.63, 3.8) is 0 Å². The van der Waals surface area contributed by atoms with Crippen LogP contribution in [0.3, 0.4) is 0 Å². The highest BCUT2D eigenvalue weighted by Gasteiger charge is 2.36. The van der Waals surface area contributed by atoms with Gasteiger partial charge in [-0.1, -0.05) is 68.1 Å². The third-order valence-electron chi connectivity index (χ3n) is 6.33. The molecule has 10 nitrogen and oxygen atoms in total. The molecule has 0 fully saturated rings. The highest BCUT2D eigenvalue weighted by Crippen LogP contribution is 2.25. The molecule has 212 valence electrons. The number of imide groups is 1. The van der Waals surface area contributed by atoms with Gasteiger partial charge in [0.15, 0.2) is 5.12 Å². The topological polar surface area (TPSA) is 150 Å². The molecule has 0 aliphatic carbocycles. The molecule has 0 radical (unpaired) electrons. The Labute approximate surface area is 236 Å². The molecule has 1 aliphatic rings. The number of thioether (sulfide) groups is 1. The number of carbonyl (C=O) groups is 6. The number of nitrogens with zero attached hydrogens (tertiary/aromatic N) is 1. The SMILES string of the molecule is CC(=O)SC(CCN1C(=O)c2ccccc2C1=O)C(=O)N[C@@H](CC(C)C)C(=O)N[C@@H](Cc1ccccc1)C(=O)O. The first-order valence-corrected chi connectivity index (χ1v) is 13.9. The van der Waals surface area contributed by atoms with Crippen molar-refractivity contribution in [3.05, 3.63) is 71.3 Å². The van der Waals surface area contributed by atoms with Crippen LogP contribution in [-0.4, -0.2) is 68.6 Å². The van der Waals surface area contributed by atoms with E-state index in [1.165, 1.54) is 6.92 Å². The molecule has 3 rings (SSSR count). The molecule has 3 N–H and O–H groups in total. The summed E-state index contributed by atoms with van der Waals surface area (Å²) < 4.78 is 0. The van der Waals surface area contributed by atoms with E-state index in [2.05, 4.69) is 10.6 Å². The monoisotopic (exact) mass is 567 g/mol.